The molecular formula is C28H27Cl2N4O3+. The minimum Gasteiger partial charge on any atom is -0.492 e. The van der Waals surface area contributed by atoms with Crippen LogP contribution < -0.4 is 14.2 Å². The van der Waals surface area contributed by atoms with Crippen molar-refractivity contribution in [1.29, 1.82) is 0 Å². The highest BCUT2D eigenvalue weighted by molar-refractivity contribution is 6.35. The number of amides is 3. The number of benzene rings is 2. The fourth-order valence-corrected chi connectivity index (χ4v) is 4.75. The Bertz CT molecular complexity index is 1410. The number of imide groups is 1. The van der Waals surface area contributed by atoms with Crippen LogP contribution in [-0.4, -0.2) is 35.5 Å². The molecule has 0 aliphatic carbocycles. The van der Waals surface area contributed by atoms with E-state index in [1.54, 1.807) is 26.8 Å². The Labute approximate surface area is 226 Å². The molecule has 1 aliphatic heterocycles. The average molecular weight is 538 g/mol. The van der Waals surface area contributed by atoms with Crippen molar-refractivity contribution in [2.24, 2.45) is 7.05 Å². The van der Waals surface area contributed by atoms with Crippen molar-refractivity contribution in [3.8, 4) is 16.9 Å². The summed E-state index contributed by atoms with van der Waals surface area (Å²) in [6.07, 6.45) is 4.44. The summed E-state index contributed by atoms with van der Waals surface area (Å²) in [5, 5.41) is 0.738. The molecule has 190 valence electrons. The largest absolute Gasteiger partial charge is 0.492 e. The Balaban J connectivity index is 1.42. The van der Waals surface area contributed by atoms with E-state index in [4.69, 9.17) is 34.5 Å². The van der Waals surface area contributed by atoms with Crippen LogP contribution in [0.4, 0.5) is 16.2 Å². The van der Waals surface area contributed by atoms with Crippen molar-refractivity contribution < 1.29 is 18.9 Å². The van der Waals surface area contributed by atoms with Gasteiger partial charge in [-0.1, -0.05) is 35.3 Å². The second-order valence-corrected chi connectivity index (χ2v) is 10.2. The molecule has 0 bridgehead atoms. The van der Waals surface area contributed by atoms with Gasteiger partial charge in [0.15, 0.2) is 12.4 Å². The maximum atomic E-state index is 13.3. The van der Waals surface area contributed by atoms with E-state index in [0.29, 0.717) is 41.6 Å². The van der Waals surface area contributed by atoms with E-state index >= 15 is 0 Å². The SMILES string of the molecule is [C-]#[N+]c1ccc(N2C(=O)N(CCCOc3ccc(-c4cc[n+](C)cc4)cc3Cl)C(C)(C)C2=O)c(C)c1Cl. The van der Waals surface area contributed by atoms with Gasteiger partial charge >= 0.3 is 6.03 Å². The molecule has 1 saturated heterocycles. The predicted octanol–water partition coefficient (Wildman–Crippen LogP) is 6.36. The van der Waals surface area contributed by atoms with Crippen LogP contribution in [0.5, 0.6) is 5.75 Å². The number of nitrogens with zero attached hydrogens (tertiary/aromatic N) is 4. The van der Waals surface area contributed by atoms with E-state index in [1.165, 1.54) is 11.0 Å². The second-order valence-electron chi connectivity index (χ2n) is 9.39. The van der Waals surface area contributed by atoms with Crippen LogP contribution in [0.2, 0.25) is 10.0 Å². The number of urea groups is 1. The lowest BCUT2D eigenvalue weighted by molar-refractivity contribution is -0.671. The zero-order valence-corrected chi connectivity index (χ0v) is 22.6. The van der Waals surface area contributed by atoms with Crippen molar-refractivity contribution in [2.45, 2.75) is 32.7 Å². The third-order valence-corrected chi connectivity index (χ3v) is 7.32. The quantitative estimate of drug-likeness (QED) is 0.152. The molecule has 0 radical (unpaired) electrons. The minimum absolute atomic E-state index is 0.238. The molecule has 2 aromatic carbocycles. The van der Waals surface area contributed by atoms with Crippen LogP contribution in [-0.2, 0) is 11.8 Å². The second kappa shape index (κ2) is 10.4. The molecule has 1 fully saturated rings. The van der Waals surface area contributed by atoms with Crippen LogP contribution in [0.1, 0.15) is 25.8 Å². The van der Waals surface area contributed by atoms with Gasteiger partial charge in [-0.05, 0) is 62.1 Å². The molecule has 3 amide bonds. The number of aromatic nitrogens is 1. The van der Waals surface area contributed by atoms with Crippen molar-refractivity contribution in [2.75, 3.05) is 18.1 Å². The van der Waals surface area contributed by atoms with Crippen LogP contribution in [0.3, 0.4) is 0 Å². The highest BCUT2D eigenvalue weighted by Crippen LogP contribution is 2.39. The zero-order valence-electron chi connectivity index (χ0n) is 21.1. The first-order chi connectivity index (χ1) is 17.6. The molecule has 1 aliphatic rings. The van der Waals surface area contributed by atoms with Crippen molar-refractivity contribution in [3.63, 3.8) is 0 Å². The zero-order chi connectivity index (χ0) is 26.9. The number of anilines is 1. The fraction of sp³-hybridized carbons (Fsp3) is 0.286. The van der Waals surface area contributed by atoms with E-state index in [-0.39, 0.29) is 16.6 Å². The lowest BCUT2D eigenvalue weighted by Crippen LogP contribution is -2.44. The predicted molar refractivity (Wildman–Crippen MR) is 144 cm³/mol. The van der Waals surface area contributed by atoms with Gasteiger partial charge in [0, 0.05) is 18.7 Å². The van der Waals surface area contributed by atoms with Crippen molar-refractivity contribution in [1.82, 2.24) is 4.90 Å². The molecule has 0 N–H and O–H groups in total. The van der Waals surface area contributed by atoms with Gasteiger partial charge in [-0.2, -0.15) is 0 Å². The number of aryl methyl sites for hydroxylation is 1. The Hall–Kier alpha value is -3.60. The van der Waals surface area contributed by atoms with E-state index in [9.17, 15) is 9.59 Å². The normalized spacial score (nSPS) is 14.7. The summed E-state index contributed by atoms with van der Waals surface area (Å²) in [7, 11) is 1.96. The van der Waals surface area contributed by atoms with Crippen LogP contribution in [0.25, 0.3) is 16.0 Å². The van der Waals surface area contributed by atoms with E-state index in [1.807, 2.05) is 54.3 Å². The first kappa shape index (κ1) is 26.5. The van der Waals surface area contributed by atoms with Crippen LogP contribution >= 0.6 is 23.2 Å². The standard InChI is InChI=1S/C28H27Cl2N4O3/c1-18-23(9-8-22(31-4)25(18)30)34-26(35)28(2,3)33(27(34)36)13-6-16-37-24-10-7-20(17-21(24)29)19-11-14-32(5)15-12-19/h7-12,14-15,17H,6,13,16H2,1-3,5H3/q+1. The topological polar surface area (TPSA) is 58.1 Å². The van der Waals surface area contributed by atoms with E-state index in [2.05, 4.69) is 4.85 Å². The lowest BCUT2D eigenvalue weighted by atomic mass is 10.0. The summed E-state index contributed by atoms with van der Waals surface area (Å²) in [6.45, 7) is 13.0. The third kappa shape index (κ3) is 5.00. The van der Waals surface area contributed by atoms with Crippen LogP contribution in [0, 0.1) is 13.5 Å². The van der Waals surface area contributed by atoms with E-state index in [0.717, 1.165) is 16.0 Å². The number of hydrogen-bond acceptors (Lipinski definition) is 3. The molecule has 37 heavy (non-hydrogen) atoms. The highest BCUT2D eigenvalue weighted by Gasteiger charge is 2.51. The molecule has 1 aromatic heterocycles. The number of carbonyl (C=O) groups is 2. The summed E-state index contributed by atoms with van der Waals surface area (Å²) in [4.78, 5) is 32.6. The number of rotatable bonds is 7. The molecule has 0 atom stereocenters. The van der Waals surface area contributed by atoms with Gasteiger partial charge in [-0.3, -0.25) is 4.79 Å². The smallest absolute Gasteiger partial charge is 0.332 e. The van der Waals surface area contributed by atoms with Gasteiger partial charge < -0.3 is 9.64 Å². The van der Waals surface area contributed by atoms with Gasteiger partial charge in [-0.25, -0.2) is 19.1 Å². The van der Waals surface area contributed by atoms with Gasteiger partial charge in [0.2, 0.25) is 5.69 Å². The third-order valence-electron chi connectivity index (χ3n) is 6.55. The Morgan fingerprint density at radius 1 is 1.05 bits per heavy atom. The maximum absolute atomic E-state index is 13.3. The summed E-state index contributed by atoms with van der Waals surface area (Å²) in [6, 6.07) is 12.4. The molecule has 2 heterocycles. The highest BCUT2D eigenvalue weighted by atomic mass is 35.5. The molecule has 7 nitrogen and oxygen atoms in total. The van der Waals surface area contributed by atoms with Crippen molar-refractivity contribution in [3.05, 3.63) is 81.9 Å². The Morgan fingerprint density at radius 2 is 1.76 bits per heavy atom. The number of halogens is 2. The Kier molecular flexibility index (Phi) is 7.44. The van der Waals surface area contributed by atoms with Gasteiger partial charge in [0.25, 0.3) is 5.91 Å². The van der Waals surface area contributed by atoms with E-state index < -0.39 is 11.6 Å². The minimum atomic E-state index is -1.04. The maximum Gasteiger partial charge on any atom is 0.332 e. The lowest BCUT2D eigenvalue weighted by Gasteiger charge is -2.27. The summed E-state index contributed by atoms with van der Waals surface area (Å²) >= 11 is 12.8. The molecule has 0 spiro atoms. The number of ether oxygens (including phenoxy) is 1. The first-order valence-corrected chi connectivity index (χ1v) is 12.5. The number of carbonyl (C=O) groups excluding carboxylic acids is 2. The molecular weight excluding hydrogens is 511 g/mol. The van der Waals surface area contributed by atoms with Crippen molar-refractivity contribution >= 4 is 46.5 Å². The van der Waals surface area contributed by atoms with Gasteiger partial charge in [0.05, 0.1) is 28.9 Å². The molecule has 3 aromatic rings. The van der Waals surface area contributed by atoms with Gasteiger partial charge in [-0.15, -0.1) is 0 Å². The molecule has 0 unspecified atom stereocenters. The van der Waals surface area contributed by atoms with Crippen LogP contribution in [0.15, 0.2) is 54.9 Å². The number of hydrogen-bond donors (Lipinski definition) is 0. The Morgan fingerprint density at radius 3 is 2.41 bits per heavy atom. The summed E-state index contributed by atoms with van der Waals surface area (Å²) < 4.78 is 7.85. The first-order valence-electron chi connectivity index (χ1n) is 11.8. The van der Waals surface area contributed by atoms with Gasteiger partial charge in [0.1, 0.15) is 18.3 Å². The molecule has 9 heteroatoms. The molecule has 4 rings (SSSR count). The summed E-state index contributed by atoms with van der Waals surface area (Å²) in [5.74, 6) is 0.211. The summed E-state index contributed by atoms with van der Waals surface area (Å²) in [5.41, 5.74) is 2.18. The average Bonchev–Trinajstić information content (AvgIpc) is 3.03. The monoisotopic (exact) mass is 537 g/mol. The fourth-order valence-electron chi connectivity index (χ4n) is 4.31. The molecule has 0 saturated carbocycles. The number of pyridine rings is 1.